The van der Waals surface area contributed by atoms with Gasteiger partial charge in [0.1, 0.15) is 0 Å². The van der Waals surface area contributed by atoms with E-state index in [-0.39, 0.29) is 5.88 Å². The summed E-state index contributed by atoms with van der Waals surface area (Å²) in [5, 5.41) is 21.2. The van der Waals surface area contributed by atoms with Crippen molar-refractivity contribution < 1.29 is 15.0 Å². The maximum atomic E-state index is 11.2. The van der Waals surface area contributed by atoms with Gasteiger partial charge in [0.05, 0.1) is 16.3 Å². The normalized spacial score (nSPS) is 17.6. The van der Waals surface area contributed by atoms with Gasteiger partial charge in [-0.1, -0.05) is 30.0 Å². The summed E-state index contributed by atoms with van der Waals surface area (Å²) in [6, 6.07) is 7.50. The summed E-state index contributed by atoms with van der Waals surface area (Å²) < 4.78 is 0. The lowest BCUT2D eigenvalue weighted by Crippen LogP contribution is -2.25. The molecule has 0 radical (unpaired) electrons. The Morgan fingerprint density at radius 2 is 2.12 bits per heavy atom. The molecular weight excluding hydrogens is 238 g/mol. The molecule has 0 fully saturated rings. The monoisotopic (exact) mass is 247 g/mol. The quantitative estimate of drug-likeness (QED) is 0.798. The number of carbonyl (C=O) groups is 1. The van der Waals surface area contributed by atoms with Crippen LogP contribution in [0.1, 0.15) is 5.56 Å². The Morgan fingerprint density at radius 3 is 2.88 bits per heavy atom. The van der Waals surface area contributed by atoms with Gasteiger partial charge >= 0.3 is 5.97 Å². The molecule has 5 heteroatoms. The van der Waals surface area contributed by atoms with Crippen molar-refractivity contribution in [3.8, 4) is 0 Å². The molecule has 0 bridgehead atoms. The van der Waals surface area contributed by atoms with Crippen LogP contribution in [0.3, 0.4) is 0 Å². The number of hydrogen-bond acceptors (Lipinski definition) is 4. The molecule has 2 aliphatic heterocycles. The number of para-hydroxylation sites is 1. The lowest BCUT2D eigenvalue weighted by atomic mass is 10.00. The zero-order valence-corrected chi connectivity index (χ0v) is 9.57. The highest BCUT2D eigenvalue weighted by Gasteiger charge is 2.33. The molecule has 0 aliphatic carbocycles. The van der Waals surface area contributed by atoms with Gasteiger partial charge in [0.2, 0.25) is 5.88 Å². The van der Waals surface area contributed by atoms with Crippen molar-refractivity contribution in [2.75, 3.05) is 4.90 Å². The first-order chi connectivity index (χ1) is 8.18. The summed E-state index contributed by atoms with van der Waals surface area (Å²) in [6.07, 6.45) is 0.394. The van der Waals surface area contributed by atoms with Crippen molar-refractivity contribution in [2.45, 2.75) is 6.42 Å². The average molecular weight is 247 g/mol. The Kier molecular flexibility index (Phi) is 2.16. The number of thioether (sulfide) groups is 1. The van der Waals surface area contributed by atoms with E-state index in [0.29, 0.717) is 17.0 Å². The van der Waals surface area contributed by atoms with Gasteiger partial charge in [-0.3, -0.25) is 4.90 Å². The minimum atomic E-state index is -0.935. The molecule has 0 unspecified atom stereocenters. The van der Waals surface area contributed by atoms with Crippen LogP contribution in [0.5, 0.6) is 0 Å². The Balaban J connectivity index is 2.21. The predicted octanol–water partition coefficient (Wildman–Crippen LogP) is 2.45. The fourth-order valence-electron chi connectivity index (χ4n) is 2.07. The predicted molar refractivity (Wildman–Crippen MR) is 65.6 cm³/mol. The summed E-state index contributed by atoms with van der Waals surface area (Å²) >= 11 is 1.25. The van der Waals surface area contributed by atoms with Gasteiger partial charge in [0.15, 0.2) is 0 Å². The van der Waals surface area contributed by atoms with E-state index >= 15 is 0 Å². The lowest BCUT2D eigenvalue weighted by Gasteiger charge is -2.28. The number of aliphatic hydroxyl groups is 1. The number of aliphatic hydroxyl groups excluding tert-OH is 1. The minimum absolute atomic E-state index is 0.0795. The first-order valence-corrected chi connectivity index (χ1v) is 5.96. The van der Waals surface area contributed by atoms with Crippen molar-refractivity contribution in [2.24, 2.45) is 0 Å². The number of benzene rings is 1. The molecule has 3 rings (SSSR count). The molecule has 0 saturated heterocycles. The zero-order chi connectivity index (χ0) is 12.0. The number of nitrogens with zero attached hydrogens (tertiary/aromatic N) is 1. The molecule has 2 aliphatic rings. The van der Waals surface area contributed by atoms with Crippen molar-refractivity contribution >= 4 is 23.4 Å². The van der Waals surface area contributed by atoms with E-state index < -0.39 is 5.97 Å². The number of fused-ring (bicyclic) bond motifs is 3. The van der Waals surface area contributed by atoms with E-state index in [4.69, 9.17) is 0 Å². The molecule has 2 N–H and O–H groups in total. The second-order valence-corrected chi connectivity index (χ2v) is 4.68. The molecule has 0 saturated carbocycles. The van der Waals surface area contributed by atoms with Crippen molar-refractivity contribution in [1.29, 1.82) is 0 Å². The van der Waals surface area contributed by atoms with Crippen molar-refractivity contribution in [1.82, 2.24) is 0 Å². The van der Waals surface area contributed by atoms with Crippen LogP contribution in [-0.2, 0) is 11.2 Å². The molecule has 86 valence electrons. The maximum Gasteiger partial charge on any atom is 0.334 e. The summed E-state index contributed by atoms with van der Waals surface area (Å²) in [5.41, 5.74) is 2.09. The summed E-state index contributed by atoms with van der Waals surface area (Å²) in [5.74, 6) is -0.856. The van der Waals surface area contributed by atoms with E-state index in [1.165, 1.54) is 11.8 Å². The third-order valence-electron chi connectivity index (χ3n) is 2.82. The topological polar surface area (TPSA) is 60.8 Å². The van der Waals surface area contributed by atoms with Crippen LogP contribution < -0.4 is 4.90 Å². The molecular formula is C12H9NO3S. The van der Waals surface area contributed by atoms with E-state index in [2.05, 4.69) is 0 Å². The molecule has 2 heterocycles. The largest absolute Gasteiger partial charge is 0.494 e. The summed E-state index contributed by atoms with van der Waals surface area (Å²) in [6.45, 7) is 0. The minimum Gasteiger partial charge on any atom is -0.494 e. The molecule has 0 atom stereocenters. The molecule has 0 spiro atoms. The van der Waals surface area contributed by atoms with Crippen LogP contribution >= 0.6 is 11.8 Å². The first-order valence-electron chi connectivity index (χ1n) is 5.09. The van der Waals surface area contributed by atoms with Crippen LogP contribution in [0.15, 0.2) is 46.2 Å². The third-order valence-corrected chi connectivity index (χ3v) is 3.81. The molecule has 0 aromatic heterocycles. The van der Waals surface area contributed by atoms with E-state index in [0.717, 1.165) is 11.3 Å². The fraction of sp³-hybridized carbons (Fsp3) is 0.0833. The molecule has 4 nitrogen and oxygen atoms in total. The van der Waals surface area contributed by atoms with Crippen LogP contribution in [0.2, 0.25) is 0 Å². The van der Waals surface area contributed by atoms with E-state index in [9.17, 15) is 15.0 Å². The van der Waals surface area contributed by atoms with E-state index in [1.807, 2.05) is 24.3 Å². The molecule has 1 aromatic rings. The van der Waals surface area contributed by atoms with Gasteiger partial charge in [-0.15, -0.1) is 0 Å². The number of aliphatic carboxylic acids is 1. The SMILES string of the molecule is O=C(O)C1=C2SC=C(O)N2c2ccccc2C1. The summed E-state index contributed by atoms with van der Waals surface area (Å²) in [7, 11) is 0. The van der Waals surface area contributed by atoms with Crippen LogP contribution in [0.25, 0.3) is 0 Å². The Bertz CT molecular complexity index is 577. The Hall–Kier alpha value is -1.88. The Labute approximate surface area is 102 Å². The smallest absolute Gasteiger partial charge is 0.334 e. The number of carboxylic acids is 1. The number of carboxylic acid groups (broad SMARTS) is 1. The van der Waals surface area contributed by atoms with Gasteiger partial charge in [-0.25, -0.2) is 4.79 Å². The van der Waals surface area contributed by atoms with Gasteiger partial charge < -0.3 is 10.2 Å². The highest BCUT2D eigenvalue weighted by Crippen LogP contribution is 2.45. The Morgan fingerprint density at radius 1 is 1.35 bits per heavy atom. The van der Waals surface area contributed by atoms with Gasteiger partial charge in [0, 0.05) is 11.8 Å². The van der Waals surface area contributed by atoms with Gasteiger partial charge in [-0.05, 0) is 11.6 Å². The first kappa shape index (κ1) is 10.3. The molecule has 17 heavy (non-hydrogen) atoms. The molecule has 1 aromatic carbocycles. The highest BCUT2D eigenvalue weighted by molar-refractivity contribution is 8.06. The van der Waals surface area contributed by atoms with Gasteiger partial charge in [-0.2, -0.15) is 0 Å². The number of hydrogen-bond donors (Lipinski definition) is 2. The fourth-order valence-corrected chi connectivity index (χ4v) is 2.99. The lowest BCUT2D eigenvalue weighted by molar-refractivity contribution is -0.132. The third kappa shape index (κ3) is 1.43. The van der Waals surface area contributed by atoms with Crippen LogP contribution in [-0.4, -0.2) is 16.2 Å². The standard InChI is InChI=1S/C12H9NO3S/c14-10-6-17-11-8(12(15)16)5-7-3-1-2-4-9(7)13(10)11/h1-4,6,14H,5H2,(H,15,16). The maximum absolute atomic E-state index is 11.2. The highest BCUT2D eigenvalue weighted by atomic mass is 32.2. The van der Waals surface area contributed by atoms with Crippen molar-refractivity contribution in [3.05, 3.63) is 51.7 Å². The second-order valence-electron chi connectivity index (χ2n) is 3.82. The van der Waals surface area contributed by atoms with Crippen LogP contribution in [0, 0.1) is 0 Å². The number of anilines is 1. The zero-order valence-electron chi connectivity index (χ0n) is 8.75. The van der Waals surface area contributed by atoms with E-state index in [1.54, 1.807) is 10.3 Å². The van der Waals surface area contributed by atoms with Crippen molar-refractivity contribution in [3.63, 3.8) is 0 Å². The molecule has 0 amide bonds. The average Bonchev–Trinajstić information content (AvgIpc) is 2.71. The van der Waals surface area contributed by atoms with Gasteiger partial charge in [0.25, 0.3) is 0 Å². The number of rotatable bonds is 1. The van der Waals surface area contributed by atoms with Crippen LogP contribution in [0.4, 0.5) is 5.69 Å². The summed E-state index contributed by atoms with van der Waals surface area (Å²) in [4.78, 5) is 12.8. The second kappa shape index (κ2) is 3.56.